The van der Waals surface area contributed by atoms with Crippen LogP contribution in [0.2, 0.25) is 75.0 Å². The first-order valence-electron chi connectivity index (χ1n) is 13.9. The van der Waals surface area contributed by atoms with Gasteiger partial charge < -0.3 is 17.8 Å². The van der Waals surface area contributed by atoms with Crippen LogP contribution in [0.5, 0.6) is 0 Å². The maximum atomic E-state index is 13.8. The van der Waals surface area contributed by atoms with Crippen molar-refractivity contribution < 1.29 is 22.9 Å². The largest absolute Gasteiger partial charge is 0.519 e. The van der Waals surface area contributed by atoms with E-state index in [1.54, 1.807) is 7.11 Å². The van der Waals surface area contributed by atoms with E-state index in [1.807, 2.05) is 0 Å². The van der Waals surface area contributed by atoms with Gasteiger partial charge >= 0.3 is 5.97 Å². The highest BCUT2D eigenvalue weighted by Crippen LogP contribution is 2.28. The van der Waals surface area contributed by atoms with Gasteiger partial charge in [-0.1, -0.05) is 61.2 Å². The first-order chi connectivity index (χ1) is 16.1. The molecule has 10 heteroatoms. The van der Waals surface area contributed by atoms with Gasteiger partial charge in [-0.3, -0.25) is 9.59 Å². The van der Waals surface area contributed by atoms with E-state index in [4.69, 9.17) is 13.3 Å². The van der Waals surface area contributed by atoms with Gasteiger partial charge in [0.1, 0.15) is 14.3 Å². The molecule has 0 aromatic heterocycles. The molecule has 0 bridgehead atoms. The summed E-state index contributed by atoms with van der Waals surface area (Å²) in [5, 5.41) is 0. The molecule has 0 heterocycles. The quantitative estimate of drug-likeness (QED) is 0.164. The molecule has 0 fully saturated rings. The van der Waals surface area contributed by atoms with Crippen molar-refractivity contribution in [1.82, 2.24) is 4.57 Å². The van der Waals surface area contributed by atoms with E-state index in [-0.39, 0.29) is 18.4 Å². The second kappa shape index (κ2) is 15.2. The molecule has 0 spiro atoms. The zero-order valence-corrected chi connectivity index (χ0v) is 29.1. The predicted molar refractivity (Wildman–Crippen MR) is 159 cm³/mol. The molecule has 0 aromatic rings. The molecular weight excluding hydrogens is 507 g/mol. The smallest absolute Gasteiger partial charge is 0.310 e. The number of nitrogens with zero attached hydrogens (tertiary/aromatic N) is 1. The SMILES string of the molecule is CC[Si](CC)(CC)OC(=O)CC(C(=O)O[Si](CC)(CC)CC)N(CCC[Si](C)(C)OC)[Si](C)(C)C. The molecule has 208 valence electrons. The molecule has 0 radical (unpaired) electrons. The third-order valence-corrected chi connectivity index (χ3v) is 22.1. The minimum atomic E-state index is -2.15. The van der Waals surface area contributed by atoms with Gasteiger partial charge in [-0.15, -0.1) is 0 Å². The summed E-state index contributed by atoms with van der Waals surface area (Å²) in [5.41, 5.74) is 0. The van der Waals surface area contributed by atoms with Gasteiger partial charge in [0, 0.05) is 7.11 Å². The fourth-order valence-corrected chi connectivity index (χ4v) is 12.9. The molecule has 35 heavy (non-hydrogen) atoms. The highest BCUT2D eigenvalue weighted by Gasteiger charge is 2.43. The van der Waals surface area contributed by atoms with E-state index >= 15 is 0 Å². The van der Waals surface area contributed by atoms with Gasteiger partial charge in [0.15, 0.2) is 8.32 Å². The molecule has 6 nitrogen and oxygen atoms in total. The summed E-state index contributed by atoms with van der Waals surface area (Å²) < 4.78 is 20.6. The molecule has 0 rings (SSSR count). The first-order valence-corrected chi connectivity index (χ1v) is 25.5. The molecule has 1 unspecified atom stereocenters. The summed E-state index contributed by atoms with van der Waals surface area (Å²) in [5.74, 6) is -0.433. The zero-order chi connectivity index (χ0) is 27.5. The van der Waals surface area contributed by atoms with Crippen LogP contribution in [-0.4, -0.2) is 69.4 Å². The number of hydrogen-bond donors (Lipinski definition) is 0. The Morgan fingerprint density at radius 3 is 1.54 bits per heavy atom. The van der Waals surface area contributed by atoms with Crippen molar-refractivity contribution >= 4 is 45.1 Å². The molecule has 0 aliphatic rings. The van der Waals surface area contributed by atoms with Crippen molar-refractivity contribution in [3.63, 3.8) is 0 Å². The lowest BCUT2D eigenvalue weighted by atomic mass is 10.2. The summed E-state index contributed by atoms with van der Waals surface area (Å²) in [7, 11) is -6.10. The van der Waals surface area contributed by atoms with Gasteiger partial charge in [0.2, 0.25) is 0 Å². The Bertz CT molecular complexity index is 630. The van der Waals surface area contributed by atoms with Gasteiger partial charge in [0.05, 0.1) is 6.42 Å². The lowest BCUT2D eigenvalue weighted by Crippen LogP contribution is -2.58. The summed E-state index contributed by atoms with van der Waals surface area (Å²) >= 11 is 0. The van der Waals surface area contributed by atoms with Crippen LogP contribution in [0, 0.1) is 0 Å². The highest BCUT2D eigenvalue weighted by atomic mass is 28.4. The average Bonchev–Trinajstić information content (AvgIpc) is 2.82. The lowest BCUT2D eigenvalue weighted by molar-refractivity contribution is -0.146. The van der Waals surface area contributed by atoms with Crippen LogP contribution in [0.3, 0.4) is 0 Å². The van der Waals surface area contributed by atoms with Crippen LogP contribution in [-0.2, 0) is 22.9 Å². The minimum absolute atomic E-state index is 0.0879. The topological polar surface area (TPSA) is 65.1 Å². The van der Waals surface area contributed by atoms with E-state index in [2.05, 4.69) is 78.8 Å². The molecule has 0 aliphatic carbocycles. The van der Waals surface area contributed by atoms with Gasteiger partial charge in [-0.25, -0.2) is 0 Å². The Balaban J connectivity index is 6.11. The van der Waals surface area contributed by atoms with E-state index in [9.17, 15) is 9.59 Å². The summed E-state index contributed by atoms with van der Waals surface area (Å²) in [6.07, 6.45) is 1.04. The molecule has 0 saturated heterocycles. The van der Waals surface area contributed by atoms with Crippen LogP contribution in [0.25, 0.3) is 0 Å². The maximum absolute atomic E-state index is 13.8. The second-order valence-corrected chi connectivity index (χ2v) is 30.3. The highest BCUT2D eigenvalue weighted by molar-refractivity contribution is 6.76. The predicted octanol–water partition coefficient (Wildman–Crippen LogP) is 7.22. The molecule has 0 saturated carbocycles. The summed E-state index contributed by atoms with van der Waals surface area (Å²) in [6.45, 7) is 24.8. The molecule has 1 atom stereocenters. The number of rotatable bonds is 18. The number of hydrogen-bond acceptors (Lipinski definition) is 6. The van der Waals surface area contributed by atoms with E-state index in [1.165, 1.54) is 0 Å². The van der Waals surface area contributed by atoms with Gasteiger partial charge in [-0.05, 0) is 68.4 Å². The van der Waals surface area contributed by atoms with Crippen molar-refractivity contribution in [2.75, 3.05) is 13.7 Å². The van der Waals surface area contributed by atoms with Gasteiger partial charge in [0.25, 0.3) is 22.6 Å². The summed E-state index contributed by atoms with van der Waals surface area (Å²) in [6, 6.07) is 5.89. The average molecular weight is 564 g/mol. The maximum Gasteiger partial charge on any atom is 0.310 e. The first kappa shape index (κ1) is 34.7. The molecule has 0 N–H and O–H groups in total. The standard InChI is InChI=1S/C25H57NO5Si4/c1-13-34(14-2,15-3)30-24(27)22-23(25(28)31-35(16-4,17-5)18-6)26(32(8,9)10)20-19-21-33(11,12)29-7/h23H,13-22H2,1-12H3. The fourth-order valence-electron chi connectivity index (χ4n) is 4.71. The fraction of sp³-hybridized carbons (Fsp3) is 0.920. The Morgan fingerprint density at radius 1 is 0.743 bits per heavy atom. The van der Waals surface area contributed by atoms with Crippen molar-refractivity contribution in [2.24, 2.45) is 0 Å². The Kier molecular flexibility index (Phi) is 15.1. The van der Waals surface area contributed by atoms with Crippen LogP contribution in [0.15, 0.2) is 0 Å². The minimum Gasteiger partial charge on any atom is -0.519 e. The molecule has 0 aromatic carbocycles. The number of carbonyl (C=O) groups excluding carboxylic acids is 2. The Hall–Kier alpha value is -0.272. The van der Waals surface area contributed by atoms with Crippen LogP contribution >= 0.6 is 0 Å². The molecule has 0 amide bonds. The summed E-state index contributed by atoms with van der Waals surface area (Å²) in [4.78, 5) is 27.2. The van der Waals surface area contributed by atoms with E-state index < -0.39 is 39.2 Å². The monoisotopic (exact) mass is 563 g/mol. The van der Waals surface area contributed by atoms with Crippen LogP contribution in [0.1, 0.15) is 54.4 Å². The Morgan fingerprint density at radius 2 is 1.17 bits per heavy atom. The van der Waals surface area contributed by atoms with E-state index in [0.717, 1.165) is 55.3 Å². The number of carbonyl (C=O) groups is 2. The van der Waals surface area contributed by atoms with E-state index in [0.29, 0.717) is 0 Å². The molecular formula is C25H57NO5Si4. The third kappa shape index (κ3) is 10.9. The second-order valence-electron chi connectivity index (χ2n) is 11.5. The Labute approximate surface area is 221 Å². The van der Waals surface area contributed by atoms with Gasteiger partial charge in [-0.2, -0.15) is 0 Å². The normalized spacial score (nSPS) is 14.2. The van der Waals surface area contributed by atoms with Crippen molar-refractivity contribution in [3.05, 3.63) is 0 Å². The third-order valence-electron chi connectivity index (χ3n) is 8.11. The van der Waals surface area contributed by atoms with Crippen molar-refractivity contribution in [3.8, 4) is 0 Å². The van der Waals surface area contributed by atoms with Crippen molar-refractivity contribution in [1.29, 1.82) is 0 Å². The van der Waals surface area contributed by atoms with Crippen LogP contribution in [0.4, 0.5) is 0 Å². The van der Waals surface area contributed by atoms with Crippen molar-refractivity contribution in [2.45, 2.75) is 135 Å². The lowest BCUT2D eigenvalue weighted by Gasteiger charge is -2.41. The molecule has 0 aliphatic heterocycles. The van der Waals surface area contributed by atoms with Crippen LogP contribution < -0.4 is 0 Å². The zero-order valence-electron chi connectivity index (χ0n) is 25.1.